The van der Waals surface area contributed by atoms with Crippen molar-refractivity contribution in [2.24, 2.45) is 0 Å². The van der Waals surface area contributed by atoms with Crippen LogP contribution < -0.4 is 4.90 Å². The Kier molecular flexibility index (Phi) is 4.99. The number of nitriles is 1. The number of alkyl halides is 6. The van der Waals surface area contributed by atoms with E-state index >= 15 is 0 Å². The zero-order chi connectivity index (χ0) is 16.4. The highest BCUT2D eigenvalue weighted by atomic mass is 35.5. The standard InChI is InChI=1S/C12H9ClF6N2/c1-7-9(3-2-8(4-20)10(7)13)21(11(16,17)5-14)12(18,19)6-15/h2-3H,5-6H2,1H3. The van der Waals surface area contributed by atoms with Crippen molar-refractivity contribution in [2.75, 3.05) is 18.2 Å². The number of anilines is 1. The molecule has 116 valence electrons. The largest absolute Gasteiger partial charge is 0.358 e. The number of rotatable bonds is 5. The molecule has 0 radical (unpaired) electrons. The van der Waals surface area contributed by atoms with Gasteiger partial charge < -0.3 is 0 Å². The zero-order valence-corrected chi connectivity index (χ0v) is 11.4. The fraction of sp³-hybridized carbons (Fsp3) is 0.417. The molecule has 0 bridgehead atoms. The molecule has 2 nitrogen and oxygen atoms in total. The van der Waals surface area contributed by atoms with Crippen LogP contribution in [0.3, 0.4) is 0 Å². The third kappa shape index (κ3) is 3.18. The first kappa shape index (κ1) is 17.4. The van der Waals surface area contributed by atoms with Crippen molar-refractivity contribution in [1.82, 2.24) is 0 Å². The van der Waals surface area contributed by atoms with Crippen molar-refractivity contribution in [1.29, 1.82) is 5.26 Å². The Balaban J connectivity index is 3.57. The molecule has 21 heavy (non-hydrogen) atoms. The van der Waals surface area contributed by atoms with Crippen LogP contribution in [0, 0.1) is 18.3 Å². The van der Waals surface area contributed by atoms with Gasteiger partial charge in [0, 0.05) is 0 Å². The minimum Gasteiger partial charge on any atom is -0.249 e. The monoisotopic (exact) mass is 330 g/mol. The van der Waals surface area contributed by atoms with Crippen LogP contribution in [0.4, 0.5) is 32.0 Å². The summed E-state index contributed by atoms with van der Waals surface area (Å²) in [6.45, 7) is -3.80. The predicted octanol–water partition coefficient (Wildman–Crippen LogP) is 4.45. The van der Waals surface area contributed by atoms with Gasteiger partial charge in [-0.3, -0.25) is 0 Å². The summed E-state index contributed by atoms with van der Waals surface area (Å²) in [6.07, 6.45) is 0. The maximum atomic E-state index is 13.5. The van der Waals surface area contributed by atoms with E-state index in [1.54, 1.807) is 6.07 Å². The van der Waals surface area contributed by atoms with E-state index in [4.69, 9.17) is 16.9 Å². The molecule has 0 atom stereocenters. The molecule has 9 heteroatoms. The second-order valence-corrected chi connectivity index (χ2v) is 4.50. The van der Waals surface area contributed by atoms with Gasteiger partial charge in [0.25, 0.3) is 0 Å². The molecule has 0 N–H and O–H groups in total. The molecule has 0 spiro atoms. The molecule has 0 unspecified atom stereocenters. The number of nitrogens with zero attached hydrogens (tertiary/aromatic N) is 2. The van der Waals surface area contributed by atoms with Gasteiger partial charge in [-0.05, 0) is 24.6 Å². The van der Waals surface area contributed by atoms with E-state index in [-0.39, 0.29) is 16.1 Å². The second kappa shape index (κ2) is 6.02. The number of hydrogen-bond donors (Lipinski definition) is 0. The number of benzene rings is 1. The lowest BCUT2D eigenvalue weighted by atomic mass is 10.1. The summed E-state index contributed by atoms with van der Waals surface area (Å²) in [5.41, 5.74) is -1.30. The van der Waals surface area contributed by atoms with Gasteiger partial charge in [0.2, 0.25) is 0 Å². The lowest BCUT2D eigenvalue weighted by Crippen LogP contribution is -2.55. The van der Waals surface area contributed by atoms with Crippen molar-refractivity contribution in [3.8, 4) is 6.07 Å². The molecule has 0 heterocycles. The minimum absolute atomic E-state index is 0.134. The third-order valence-electron chi connectivity index (χ3n) is 2.69. The third-order valence-corrected chi connectivity index (χ3v) is 3.18. The van der Waals surface area contributed by atoms with Gasteiger partial charge in [0.15, 0.2) is 13.3 Å². The van der Waals surface area contributed by atoms with Gasteiger partial charge in [0.1, 0.15) is 6.07 Å². The van der Waals surface area contributed by atoms with Crippen LogP contribution in [0.1, 0.15) is 11.1 Å². The van der Waals surface area contributed by atoms with Crippen molar-refractivity contribution >= 4 is 17.3 Å². The molecule has 0 aromatic heterocycles. The lowest BCUT2D eigenvalue weighted by molar-refractivity contribution is -0.122. The smallest absolute Gasteiger partial charge is 0.249 e. The van der Waals surface area contributed by atoms with Gasteiger partial charge in [-0.15, -0.1) is 0 Å². The van der Waals surface area contributed by atoms with Crippen LogP contribution in [0.5, 0.6) is 0 Å². The van der Waals surface area contributed by atoms with Crippen LogP contribution in [0.25, 0.3) is 0 Å². The van der Waals surface area contributed by atoms with Gasteiger partial charge in [0.05, 0.1) is 16.3 Å². The molecular weight excluding hydrogens is 322 g/mol. The summed E-state index contributed by atoms with van der Waals surface area (Å²) in [7, 11) is 0. The summed E-state index contributed by atoms with van der Waals surface area (Å²) in [5, 5.41) is 8.38. The van der Waals surface area contributed by atoms with E-state index in [1.807, 2.05) is 0 Å². The first-order valence-electron chi connectivity index (χ1n) is 5.49. The maximum absolute atomic E-state index is 13.5. The fourth-order valence-electron chi connectivity index (χ4n) is 1.71. The first-order valence-corrected chi connectivity index (χ1v) is 5.87. The van der Waals surface area contributed by atoms with Crippen LogP contribution in [0.15, 0.2) is 12.1 Å². The molecule has 0 amide bonds. The van der Waals surface area contributed by atoms with E-state index in [1.165, 1.54) is 0 Å². The van der Waals surface area contributed by atoms with E-state index < -0.39 is 36.0 Å². The molecule has 1 aromatic carbocycles. The molecule has 0 saturated carbocycles. The van der Waals surface area contributed by atoms with E-state index in [0.29, 0.717) is 0 Å². The number of halogens is 7. The molecule has 0 aliphatic rings. The average molecular weight is 331 g/mol. The summed E-state index contributed by atoms with van der Waals surface area (Å²) in [6, 6.07) is -5.99. The van der Waals surface area contributed by atoms with Crippen molar-refractivity contribution < 1.29 is 26.3 Å². The normalized spacial score (nSPS) is 12.1. The van der Waals surface area contributed by atoms with Crippen LogP contribution in [-0.4, -0.2) is 25.4 Å². The van der Waals surface area contributed by atoms with Crippen LogP contribution in [-0.2, 0) is 0 Å². The SMILES string of the molecule is Cc1c(N(C(F)(F)CF)C(F)(F)CF)ccc(C#N)c1Cl. The summed E-state index contributed by atoms with van der Waals surface area (Å²) in [5.74, 6) is 0. The lowest BCUT2D eigenvalue weighted by Gasteiger charge is -2.37. The Morgan fingerprint density at radius 3 is 2.00 bits per heavy atom. The first-order chi connectivity index (χ1) is 9.62. The molecular formula is C12H9ClF6N2. The highest BCUT2D eigenvalue weighted by Gasteiger charge is 2.52. The quantitative estimate of drug-likeness (QED) is 0.589. The Bertz CT molecular complexity index is 554. The van der Waals surface area contributed by atoms with Gasteiger partial charge in [-0.1, -0.05) is 11.6 Å². The van der Waals surface area contributed by atoms with Gasteiger partial charge in [-0.2, -0.15) is 22.8 Å². The van der Waals surface area contributed by atoms with E-state index in [9.17, 15) is 26.3 Å². The van der Waals surface area contributed by atoms with Crippen molar-refractivity contribution in [3.63, 3.8) is 0 Å². The highest BCUT2D eigenvalue weighted by Crippen LogP contribution is 2.41. The predicted molar refractivity (Wildman–Crippen MR) is 65.2 cm³/mol. The van der Waals surface area contributed by atoms with E-state index in [2.05, 4.69) is 0 Å². The Hall–Kier alpha value is -1.62. The van der Waals surface area contributed by atoms with Gasteiger partial charge >= 0.3 is 12.1 Å². The highest BCUT2D eigenvalue weighted by molar-refractivity contribution is 6.32. The molecule has 0 aliphatic heterocycles. The topological polar surface area (TPSA) is 27.0 Å². The summed E-state index contributed by atoms with van der Waals surface area (Å²) >= 11 is 5.70. The summed E-state index contributed by atoms with van der Waals surface area (Å²) < 4.78 is 78.7. The second-order valence-electron chi connectivity index (χ2n) is 4.12. The minimum atomic E-state index is -4.64. The van der Waals surface area contributed by atoms with Crippen LogP contribution >= 0.6 is 11.6 Å². The Morgan fingerprint density at radius 2 is 1.62 bits per heavy atom. The molecule has 0 aliphatic carbocycles. The molecule has 0 fully saturated rings. The Morgan fingerprint density at radius 1 is 1.14 bits per heavy atom. The Labute approximate surface area is 121 Å². The maximum Gasteiger partial charge on any atom is 0.358 e. The fourth-order valence-corrected chi connectivity index (χ4v) is 1.92. The average Bonchev–Trinajstić information content (AvgIpc) is 2.43. The zero-order valence-electron chi connectivity index (χ0n) is 10.6. The molecule has 1 rings (SSSR count). The molecule has 0 saturated heterocycles. The summed E-state index contributed by atoms with van der Waals surface area (Å²) in [4.78, 5) is -0.956. The van der Waals surface area contributed by atoms with E-state index in [0.717, 1.165) is 19.1 Å². The van der Waals surface area contributed by atoms with Crippen LogP contribution in [0.2, 0.25) is 5.02 Å². The van der Waals surface area contributed by atoms with Crippen molar-refractivity contribution in [3.05, 3.63) is 28.3 Å². The van der Waals surface area contributed by atoms with Crippen molar-refractivity contribution in [2.45, 2.75) is 19.0 Å². The number of hydrogen-bond acceptors (Lipinski definition) is 2. The van der Waals surface area contributed by atoms with Gasteiger partial charge in [-0.25, -0.2) is 13.7 Å². The molecule has 1 aromatic rings.